The molecule has 24 heavy (non-hydrogen) atoms. The number of sulfonamides is 1. The Balaban J connectivity index is 1.83. The first-order valence-corrected chi connectivity index (χ1v) is 9.77. The number of rotatable bonds is 7. The van der Waals surface area contributed by atoms with Gasteiger partial charge in [0.2, 0.25) is 10.0 Å². The third-order valence-corrected chi connectivity index (χ3v) is 6.11. The summed E-state index contributed by atoms with van der Waals surface area (Å²) in [5.41, 5.74) is 1.34. The lowest BCUT2D eigenvalue weighted by Crippen LogP contribution is -2.31. The number of benzene rings is 1. The predicted molar refractivity (Wildman–Crippen MR) is 91.3 cm³/mol. The van der Waals surface area contributed by atoms with Crippen LogP contribution in [0.4, 0.5) is 4.39 Å². The molecule has 0 aliphatic rings. The van der Waals surface area contributed by atoms with Crippen LogP contribution in [0.1, 0.15) is 16.0 Å². The van der Waals surface area contributed by atoms with E-state index in [0.717, 1.165) is 10.4 Å². The summed E-state index contributed by atoms with van der Waals surface area (Å²) < 4.78 is 45.2. The lowest BCUT2D eigenvalue weighted by Gasteiger charge is -2.21. The summed E-state index contributed by atoms with van der Waals surface area (Å²) in [6, 6.07) is 11.1. The van der Waals surface area contributed by atoms with Crippen molar-refractivity contribution in [2.75, 3.05) is 0 Å². The molecule has 0 saturated heterocycles. The molecule has 0 N–H and O–H groups in total. The van der Waals surface area contributed by atoms with Crippen molar-refractivity contribution >= 4 is 21.4 Å². The van der Waals surface area contributed by atoms with Crippen molar-refractivity contribution in [3.63, 3.8) is 0 Å². The van der Waals surface area contributed by atoms with Crippen LogP contribution < -0.4 is 0 Å². The van der Waals surface area contributed by atoms with E-state index in [1.165, 1.54) is 52.4 Å². The van der Waals surface area contributed by atoms with Gasteiger partial charge in [0.15, 0.2) is 0 Å². The monoisotopic (exact) mass is 365 g/mol. The summed E-state index contributed by atoms with van der Waals surface area (Å²) in [5, 5.41) is 1.91. The molecule has 7 heteroatoms. The van der Waals surface area contributed by atoms with E-state index < -0.39 is 10.0 Å². The minimum absolute atomic E-state index is 0.170. The molecule has 0 atom stereocenters. The average Bonchev–Trinajstić information content (AvgIpc) is 3.22. The molecule has 0 spiro atoms. The Bertz CT molecular complexity index is 821. The molecule has 0 saturated carbocycles. The molecule has 0 bridgehead atoms. The van der Waals surface area contributed by atoms with Crippen LogP contribution in [-0.2, 0) is 28.9 Å². The van der Waals surface area contributed by atoms with Gasteiger partial charge in [-0.05, 0) is 35.2 Å². The molecule has 0 amide bonds. The van der Waals surface area contributed by atoms with E-state index in [1.807, 2.05) is 17.5 Å². The molecule has 3 aromatic rings. The third-order valence-electron chi connectivity index (χ3n) is 3.51. The van der Waals surface area contributed by atoms with E-state index in [1.54, 1.807) is 6.07 Å². The van der Waals surface area contributed by atoms with Gasteiger partial charge in [0.1, 0.15) is 5.82 Å². The van der Waals surface area contributed by atoms with Gasteiger partial charge in [-0.25, -0.2) is 12.8 Å². The highest BCUT2D eigenvalue weighted by atomic mass is 32.2. The molecule has 0 radical (unpaired) electrons. The first-order chi connectivity index (χ1) is 11.5. The van der Waals surface area contributed by atoms with Crippen molar-refractivity contribution in [2.24, 2.45) is 0 Å². The molecular weight excluding hydrogens is 349 g/mol. The Kier molecular flexibility index (Phi) is 5.13. The Hall–Kier alpha value is -1.96. The lowest BCUT2D eigenvalue weighted by molar-refractivity contribution is 0.401. The maximum atomic E-state index is 13.0. The van der Waals surface area contributed by atoms with Crippen LogP contribution in [0, 0.1) is 5.82 Å². The highest BCUT2D eigenvalue weighted by Gasteiger charge is 2.24. The van der Waals surface area contributed by atoms with Crippen molar-refractivity contribution in [3.8, 4) is 0 Å². The van der Waals surface area contributed by atoms with Crippen molar-refractivity contribution < 1.29 is 17.2 Å². The largest absolute Gasteiger partial charge is 0.472 e. The van der Waals surface area contributed by atoms with E-state index >= 15 is 0 Å². The second-order valence-electron chi connectivity index (χ2n) is 5.36. The van der Waals surface area contributed by atoms with Crippen molar-refractivity contribution in [1.82, 2.24) is 4.31 Å². The number of nitrogens with zero attached hydrogens (tertiary/aromatic N) is 1. The Morgan fingerprint density at radius 1 is 1.04 bits per heavy atom. The lowest BCUT2D eigenvalue weighted by atomic mass is 10.2. The smallest absolute Gasteiger partial charge is 0.218 e. The average molecular weight is 365 g/mol. The number of furan rings is 1. The summed E-state index contributed by atoms with van der Waals surface area (Å²) in [7, 11) is -3.56. The minimum Gasteiger partial charge on any atom is -0.472 e. The Labute approximate surface area is 144 Å². The molecule has 0 aliphatic heterocycles. The predicted octanol–water partition coefficient (Wildman–Crippen LogP) is 4.01. The zero-order valence-electron chi connectivity index (χ0n) is 12.8. The Morgan fingerprint density at radius 2 is 1.83 bits per heavy atom. The molecule has 2 heterocycles. The fourth-order valence-corrected chi connectivity index (χ4v) is 4.58. The molecule has 126 valence electrons. The van der Waals surface area contributed by atoms with Crippen LogP contribution in [0.25, 0.3) is 0 Å². The SMILES string of the molecule is O=S(=O)(Cc1ccc(F)cc1)N(Cc1ccoc1)Cc1cccs1. The van der Waals surface area contributed by atoms with Gasteiger partial charge < -0.3 is 4.42 Å². The van der Waals surface area contributed by atoms with Gasteiger partial charge >= 0.3 is 0 Å². The molecule has 0 fully saturated rings. The van der Waals surface area contributed by atoms with Gasteiger partial charge in [0, 0.05) is 23.5 Å². The molecule has 4 nitrogen and oxygen atoms in total. The summed E-state index contributed by atoms with van der Waals surface area (Å²) in [6.45, 7) is 0.532. The highest BCUT2D eigenvalue weighted by Crippen LogP contribution is 2.20. The fraction of sp³-hybridized carbons (Fsp3) is 0.176. The van der Waals surface area contributed by atoms with Gasteiger partial charge in [-0.2, -0.15) is 4.31 Å². The van der Waals surface area contributed by atoms with Crippen molar-refractivity contribution in [3.05, 3.63) is 82.2 Å². The van der Waals surface area contributed by atoms with Gasteiger partial charge in [-0.15, -0.1) is 11.3 Å². The van der Waals surface area contributed by atoms with Gasteiger partial charge in [0.25, 0.3) is 0 Å². The van der Waals surface area contributed by atoms with Crippen LogP contribution in [0.3, 0.4) is 0 Å². The number of thiophene rings is 1. The first-order valence-electron chi connectivity index (χ1n) is 7.29. The zero-order valence-corrected chi connectivity index (χ0v) is 14.4. The van der Waals surface area contributed by atoms with Crippen LogP contribution in [0.2, 0.25) is 0 Å². The quantitative estimate of drug-likeness (QED) is 0.636. The van der Waals surface area contributed by atoms with Crippen LogP contribution >= 0.6 is 11.3 Å². The molecule has 0 aliphatic carbocycles. The van der Waals surface area contributed by atoms with E-state index in [0.29, 0.717) is 12.1 Å². The van der Waals surface area contributed by atoms with E-state index in [-0.39, 0.29) is 18.1 Å². The fourth-order valence-electron chi connectivity index (χ4n) is 2.30. The molecule has 3 rings (SSSR count). The first kappa shape index (κ1) is 16.9. The van der Waals surface area contributed by atoms with E-state index in [9.17, 15) is 12.8 Å². The molecule has 0 unspecified atom stereocenters. The maximum absolute atomic E-state index is 13.0. The van der Waals surface area contributed by atoms with Gasteiger partial charge in [-0.1, -0.05) is 18.2 Å². The van der Waals surface area contributed by atoms with Crippen LogP contribution in [-0.4, -0.2) is 12.7 Å². The summed E-state index contributed by atoms with van der Waals surface area (Å²) in [6.07, 6.45) is 3.06. The topological polar surface area (TPSA) is 50.5 Å². The minimum atomic E-state index is -3.56. The molecule has 1 aromatic carbocycles. The third kappa shape index (κ3) is 4.31. The molecular formula is C17H16FNO3S2. The van der Waals surface area contributed by atoms with E-state index in [4.69, 9.17) is 4.42 Å². The Morgan fingerprint density at radius 3 is 2.46 bits per heavy atom. The van der Waals surface area contributed by atoms with Crippen LogP contribution in [0.5, 0.6) is 0 Å². The number of hydrogen-bond donors (Lipinski definition) is 0. The number of halogens is 1. The van der Waals surface area contributed by atoms with Gasteiger partial charge in [-0.3, -0.25) is 0 Å². The highest BCUT2D eigenvalue weighted by molar-refractivity contribution is 7.88. The second kappa shape index (κ2) is 7.29. The number of hydrogen-bond acceptors (Lipinski definition) is 4. The van der Waals surface area contributed by atoms with Crippen molar-refractivity contribution in [2.45, 2.75) is 18.8 Å². The van der Waals surface area contributed by atoms with E-state index in [2.05, 4.69) is 0 Å². The second-order valence-corrected chi connectivity index (χ2v) is 8.36. The van der Waals surface area contributed by atoms with Crippen LogP contribution in [0.15, 0.2) is 64.8 Å². The maximum Gasteiger partial charge on any atom is 0.218 e. The summed E-state index contributed by atoms with van der Waals surface area (Å²) in [4.78, 5) is 0.959. The van der Waals surface area contributed by atoms with Gasteiger partial charge in [0.05, 0.1) is 18.3 Å². The summed E-state index contributed by atoms with van der Waals surface area (Å²) in [5.74, 6) is -0.554. The summed E-state index contributed by atoms with van der Waals surface area (Å²) >= 11 is 1.51. The standard InChI is InChI=1S/C17H16FNO3S2/c18-16-5-3-14(4-6-16)13-24(20,21)19(10-15-7-8-22-12-15)11-17-2-1-9-23-17/h1-9,12H,10-11,13H2. The normalized spacial score (nSPS) is 11.9. The zero-order chi connectivity index (χ0) is 17.0. The van der Waals surface area contributed by atoms with Crippen molar-refractivity contribution in [1.29, 1.82) is 0 Å². The molecule has 2 aromatic heterocycles.